The number of hydrogen-bond donors (Lipinski definition) is 3. The average Bonchev–Trinajstić information content (AvgIpc) is 2.49. The third kappa shape index (κ3) is 2.29. The van der Waals surface area contributed by atoms with E-state index in [-0.39, 0.29) is 5.91 Å². The number of rotatable bonds is 3. The molecule has 0 aliphatic carbocycles. The van der Waals surface area contributed by atoms with Crippen molar-refractivity contribution in [2.45, 2.75) is 34.1 Å². The van der Waals surface area contributed by atoms with Crippen molar-refractivity contribution in [3.8, 4) is 0 Å². The largest absolute Gasteiger partial charge is 0.394 e. The van der Waals surface area contributed by atoms with Gasteiger partial charge in [-0.2, -0.15) is 5.10 Å². The van der Waals surface area contributed by atoms with Crippen molar-refractivity contribution in [1.29, 1.82) is 0 Å². The minimum absolute atomic E-state index is 0.0665. The molecule has 5 heteroatoms. The molecule has 0 aromatic carbocycles. The van der Waals surface area contributed by atoms with Gasteiger partial charge in [0.15, 0.2) is 5.82 Å². The number of carbonyl (C=O) groups is 1. The van der Waals surface area contributed by atoms with Crippen LogP contribution in [0.3, 0.4) is 0 Å². The van der Waals surface area contributed by atoms with Gasteiger partial charge in [-0.15, -0.1) is 0 Å². The van der Waals surface area contributed by atoms with Gasteiger partial charge in [-0.3, -0.25) is 9.89 Å². The van der Waals surface area contributed by atoms with E-state index in [1.54, 1.807) is 0 Å². The highest BCUT2D eigenvalue weighted by Gasteiger charge is 2.26. The van der Waals surface area contributed by atoms with Crippen LogP contribution in [0, 0.1) is 12.3 Å². The zero-order valence-corrected chi connectivity index (χ0v) is 9.64. The second kappa shape index (κ2) is 3.92. The van der Waals surface area contributed by atoms with Crippen LogP contribution in [0.15, 0.2) is 0 Å². The molecule has 0 atom stereocenters. The number of anilines is 2. The third-order valence-electron chi connectivity index (χ3n) is 2.73. The highest BCUT2D eigenvalue weighted by atomic mass is 16.2. The standard InChI is InChI=1S/C10H18N4O/c1-5-10(3,4)9(15)12-8-7(11)6(2)13-14-8/h5,11H2,1-4H3,(H2,12,13,14,15). The summed E-state index contributed by atoms with van der Waals surface area (Å²) < 4.78 is 0. The van der Waals surface area contributed by atoms with Crippen LogP contribution < -0.4 is 11.1 Å². The van der Waals surface area contributed by atoms with Gasteiger partial charge in [-0.1, -0.05) is 20.8 Å². The molecule has 1 heterocycles. The van der Waals surface area contributed by atoms with E-state index in [1.165, 1.54) is 0 Å². The van der Waals surface area contributed by atoms with Crippen LogP contribution >= 0.6 is 0 Å². The molecular formula is C10H18N4O. The maximum atomic E-state index is 11.8. The molecule has 0 aliphatic rings. The molecule has 0 radical (unpaired) electrons. The molecule has 1 rings (SSSR count). The van der Waals surface area contributed by atoms with Crippen molar-refractivity contribution in [2.75, 3.05) is 11.1 Å². The smallest absolute Gasteiger partial charge is 0.231 e. The highest BCUT2D eigenvalue weighted by Crippen LogP contribution is 2.24. The molecule has 0 aliphatic heterocycles. The van der Waals surface area contributed by atoms with E-state index in [1.807, 2.05) is 27.7 Å². The SMILES string of the molecule is CCC(C)(C)C(=O)Nc1n[nH]c(C)c1N. The number of carbonyl (C=O) groups excluding carboxylic acids is 1. The van der Waals surface area contributed by atoms with Crippen molar-refractivity contribution in [3.05, 3.63) is 5.69 Å². The summed E-state index contributed by atoms with van der Waals surface area (Å²) in [4.78, 5) is 11.8. The summed E-state index contributed by atoms with van der Waals surface area (Å²) in [5, 5.41) is 9.36. The van der Waals surface area contributed by atoms with Gasteiger partial charge >= 0.3 is 0 Å². The number of aromatic amines is 1. The highest BCUT2D eigenvalue weighted by molar-refractivity contribution is 5.96. The van der Waals surface area contributed by atoms with Gasteiger partial charge in [-0.05, 0) is 13.3 Å². The number of nitrogen functional groups attached to an aromatic ring is 1. The maximum Gasteiger partial charge on any atom is 0.231 e. The molecule has 0 bridgehead atoms. The molecule has 15 heavy (non-hydrogen) atoms. The summed E-state index contributed by atoms with van der Waals surface area (Å²) in [6.07, 6.45) is 0.766. The molecule has 0 fully saturated rings. The van der Waals surface area contributed by atoms with Crippen LogP contribution in [-0.4, -0.2) is 16.1 Å². The molecular weight excluding hydrogens is 192 g/mol. The van der Waals surface area contributed by atoms with Crippen LogP contribution in [-0.2, 0) is 4.79 Å². The van der Waals surface area contributed by atoms with Gasteiger partial charge in [-0.25, -0.2) is 0 Å². The van der Waals surface area contributed by atoms with Gasteiger partial charge in [0.05, 0.1) is 11.4 Å². The van der Waals surface area contributed by atoms with Crippen LogP contribution in [0.2, 0.25) is 0 Å². The summed E-state index contributed by atoms with van der Waals surface area (Å²) in [6.45, 7) is 7.55. The van der Waals surface area contributed by atoms with Crippen molar-refractivity contribution in [2.24, 2.45) is 5.41 Å². The van der Waals surface area contributed by atoms with Gasteiger partial charge in [0.2, 0.25) is 5.91 Å². The number of hydrogen-bond acceptors (Lipinski definition) is 3. The first kappa shape index (κ1) is 11.6. The number of H-pyrrole nitrogens is 1. The molecule has 0 spiro atoms. The Labute approximate surface area is 89.4 Å². The average molecular weight is 210 g/mol. The second-order valence-corrected chi connectivity index (χ2v) is 4.30. The Hall–Kier alpha value is -1.52. The molecule has 5 nitrogen and oxygen atoms in total. The predicted octanol–water partition coefficient (Wildman–Crippen LogP) is 1.68. The number of aryl methyl sites for hydroxylation is 1. The Morgan fingerprint density at radius 1 is 1.60 bits per heavy atom. The quantitative estimate of drug-likeness (QED) is 0.709. The van der Waals surface area contributed by atoms with Gasteiger partial charge < -0.3 is 11.1 Å². The molecule has 4 N–H and O–H groups in total. The van der Waals surface area contributed by atoms with Gasteiger partial charge in [0.25, 0.3) is 0 Å². The van der Waals surface area contributed by atoms with E-state index < -0.39 is 5.41 Å². The van der Waals surface area contributed by atoms with E-state index in [0.29, 0.717) is 11.5 Å². The first-order valence-corrected chi connectivity index (χ1v) is 5.00. The number of nitrogens with two attached hydrogens (primary N) is 1. The number of nitrogens with zero attached hydrogens (tertiary/aromatic N) is 1. The Morgan fingerprint density at radius 3 is 2.60 bits per heavy atom. The predicted molar refractivity (Wildman–Crippen MR) is 60.4 cm³/mol. The lowest BCUT2D eigenvalue weighted by Crippen LogP contribution is -2.30. The zero-order valence-electron chi connectivity index (χ0n) is 9.64. The van der Waals surface area contributed by atoms with Gasteiger partial charge in [0.1, 0.15) is 0 Å². The lowest BCUT2D eigenvalue weighted by Gasteiger charge is -2.20. The number of aromatic nitrogens is 2. The Balaban J connectivity index is 2.79. The molecule has 1 aromatic heterocycles. The minimum Gasteiger partial charge on any atom is -0.394 e. The summed E-state index contributed by atoms with van der Waals surface area (Å²) in [5.74, 6) is 0.349. The third-order valence-corrected chi connectivity index (χ3v) is 2.73. The van der Waals surface area contributed by atoms with Crippen LogP contribution in [0.4, 0.5) is 11.5 Å². The zero-order chi connectivity index (χ0) is 11.6. The van der Waals surface area contributed by atoms with Crippen molar-refractivity contribution in [3.63, 3.8) is 0 Å². The van der Waals surface area contributed by atoms with Crippen molar-refractivity contribution >= 4 is 17.4 Å². The monoisotopic (exact) mass is 210 g/mol. The lowest BCUT2D eigenvalue weighted by molar-refractivity contribution is -0.124. The van der Waals surface area contributed by atoms with Crippen molar-refractivity contribution < 1.29 is 4.79 Å². The second-order valence-electron chi connectivity index (χ2n) is 4.30. The lowest BCUT2D eigenvalue weighted by atomic mass is 9.89. The van der Waals surface area contributed by atoms with E-state index in [2.05, 4.69) is 15.5 Å². The fourth-order valence-electron chi connectivity index (χ4n) is 0.970. The normalized spacial score (nSPS) is 11.5. The summed E-state index contributed by atoms with van der Waals surface area (Å²) in [5.41, 5.74) is 6.58. The topological polar surface area (TPSA) is 83.8 Å². The van der Waals surface area contributed by atoms with E-state index in [9.17, 15) is 4.79 Å². The number of nitrogens with one attached hydrogen (secondary N) is 2. The van der Waals surface area contributed by atoms with Gasteiger partial charge in [0, 0.05) is 5.41 Å². The molecule has 0 saturated heterocycles. The van der Waals surface area contributed by atoms with Crippen molar-refractivity contribution in [1.82, 2.24) is 10.2 Å². The molecule has 0 unspecified atom stereocenters. The van der Waals surface area contributed by atoms with E-state index in [0.717, 1.165) is 12.1 Å². The van der Waals surface area contributed by atoms with Crippen LogP contribution in [0.25, 0.3) is 0 Å². The number of amides is 1. The first-order valence-electron chi connectivity index (χ1n) is 5.00. The molecule has 0 saturated carbocycles. The fraction of sp³-hybridized carbons (Fsp3) is 0.600. The van der Waals surface area contributed by atoms with E-state index >= 15 is 0 Å². The van der Waals surface area contributed by atoms with E-state index in [4.69, 9.17) is 5.73 Å². The fourth-order valence-corrected chi connectivity index (χ4v) is 0.970. The molecule has 1 aromatic rings. The Morgan fingerprint density at radius 2 is 2.20 bits per heavy atom. The molecule has 84 valence electrons. The minimum atomic E-state index is -0.403. The summed E-state index contributed by atoms with van der Waals surface area (Å²) in [7, 11) is 0. The van der Waals surface area contributed by atoms with Crippen LogP contribution in [0.5, 0.6) is 0 Å². The summed E-state index contributed by atoms with van der Waals surface area (Å²) >= 11 is 0. The maximum absolute atomic E-state index is 11.8. The Kier molecular flexibility index (Phi) is 3.02. The molecule has 1 amide bonds. The first-order chi connectivity index (χ1) is 6.88. The summed E-state index contributed by atoms with van der Waals surface area (Å²) in [6, 6.07) is 0. The Bertz CT molecular complexity index is 367. The van der Waals surface area contributed by atoms with Crippen LogP contribution in [0.1, 0.15) is 32.9 Å².